The zero-order valence-electron chi connectivity index (χ0n) is 35.3. The summed E-state index contributed by atoms with van der Waals surface area (Å²) < 4.78 is 64.5. The Hall–Kier alpha value is -5.91. The van der Waals surface area contributed by atoms with E-state index in [1.807, 2.05) is 0 Å². The van der Waals surface area contributed by atoms with Gasteiger partial charge in [-0.05, 0) is 99.5 Å². The first-order valence-corrected chi connectivity index (χ1v) is 20.1. The number of carbonyl (C=O) groups is 4. The molecule has 2 aliphatic rings. The van der Waals surface area contributed by atoms with Gasteiger partial charge in [0, 0.05) is 58.4 Å². The summed E-state index contributed by atoms with van der Waals surface area (Å²) in [6.07, 6.45) is 1.42. The Labute approximate surface area is 401 Å². The van der Waals surface area contributed by atoms with Crippen molar-refractivity contribution in [3.05, 3.63) is 124 Å². The molecular formula is C46H34Cl2F3N4NaO9. The Morgan fingerprint density at radius 1 is 0.600 bits per heavy atom. The molecule has 19 heteroatoms. The molecule has 0 bridgehead atoms. The molecule has 0 spiro atoms. The number of carboxylic acid groups (broad SMARTS) is 1. The Balaban J connectivity index is 0.000000212. The number of ketones is 2. The number of carbonyl (C=O) groups excluding carboxylic acids is 4. The summed E-state index contributed by atoms with van der Waals surface area (Å²) in [5.41, 5.74) is -0.462. The molecule has 4 aromatic carbocycles. The van der Waals surface area contributed by atoms with E-state index in [0.717, 1.165) is 12.1 Å². The molecule has 0 radical (unpaired) electrons. The number of hydrogen-bond acceptors (Lipinski definition) is 13. The van der Waals surface area contributed by atoms with Gasteiger partial charge in [0.25, 0.3) is 0 Å². The summed E-state index contributed by atoms with van der Waals surface area (Å²) in [6.45, 7) is 2.79. The van der Waals surface area contributed by atoms with Crippen molar-refractivity contribution in [2.45, 2.75) is 50.7 Å². The zero-order valence-corrected chi connectivity index (χ0v) is 38.8. The summed E-state index contributed by atoms with van der Waals surface area (Å²) in [4.78, 5) is 64.7. The zero-order chi connectivity index (χ0) is 46.1. The van der Waals surface area contributed by atoms with E-state index in [4.69, 9.17) is 42.1 Å². The number of carboxylic acids is 1. The molecule has 2 aromatic heterocycles. The molecule has 0 aliphatic heterocycles. The van der Waals surface area contributed by atoms with Crippen LogP contribution in [0.3, 0.4) is 0 Å². The predicted octanol–water partition coefficient (Wildman–Crippen LogP) is 5.51. The quantitative estimate of drug-likeness (QED) is 0.0805. The summed E-state index contributed by atoms with van der Waals surface area (Å²) in [5, 5.41) is 11.4. The van der Waals surface area contributed by atoms with Crippen molar-refractivity contribution in [2.24, 2.45) is 0 Å². The van der Waals surface area contributed by atoms with Crippen LogP contribution in [0, 0.1) is 17.5 Å². The van der Waals surface area contributed by atoms with Gasteiger partial charge in [-0.3, -0.25) is 9.59 Å². The van der Waals surface area contributed by atoms with Gasteiger partial charge < -0.3 is 28.8 Å². The predicted molar refractivity (Wildman–Crippen MR) is 224 cm³/mol. The Morgan fingerprint density at radius 2 is 1.06 bits per heavy atom. The normalized spacial score (nSPS) is 13.8. The molecule has 2 fully saturated rings. The Bertz CT molecular complexity index is 2880. The van der Waals surface area contributed by atoms with Gasteiger partial charge in [0.2, 0.25) is 17.4 Å². The molecule has 0 saturated heterocycles. The van der Waals surface area contributed by atoms with Crippen LogP contribution in [0.1, 0.15) is 60.2 Å². The molecule has 13 nitrogen and oxygen atoms in total. The number of rotatable bonds is 13. The van der Waals surface area contributed by atoms with Crippen LogP contribution in [0.25, 0.3) is 45.3 Å². The maximum Gasteiger partial charge on any atom is 1.00 e. The molecule has 65 heavy (non-hydrogen) atoms. The number of esters is 1. The number of aliphatic carboxylic acids is 1. The van der Waals surface area contributed by atoms with Crippen LogP contribution in [0.5, 0.6) is 17.5 Å². The largest absolute Gasteiger partial charge is 1.00 e. The van der Waals surface area contributed by atoms with Gasteiger partial charge in [-0.25, -0.2) is 27.9 Å². The smallest absolute Gasteiger partial charge is 0.546 e. The molecule has 0 N–H and O–H groups in total. The van der Waals surface area contributed by atoms with E-state index >= 15 is 0 Å². The molecule has 0 unspecified atom stereocenters. The van der Waals surface area contributed by atoms with E-state index in [9.17, 15) is 37.5 Å². The minimum absolute atomic E-state index is 0. The van der Waals surface area contributed by atoms with Gasteiger partial charge in [-0.1, -0.05) is 23.2 Å². The molecule has 2 saturated carbocycles. The van der Waals surface area contributed by atoms with Crippen molar-refractivity contribution < 1.29 is 86.0 Å². The van der Waals surface area contributed by atoms with E-state index in [2.05, 4.69) is 19.9 Å². The minimum Gasteiger partial charge on any atom is -0.546 e. The summed E-state index contributed by atoms with van der Waals surface area (Å²) in [5.74, 6) is -3.78. The van der Waals surface area contributed by atoms with Crippen LogP contribution in [0.15, 0.2) is 84.9 Å². The van der Waals surface area contributed by atoms with Crippen molar-refractivity contribution in [1.82, 2.24) is 19.9 Å². The number of nitrogens with zero attached hydrogens (tertiary/aromatic N) is 4. The molecule has 6 aromatic rings. The first-order valence-electron chi connectivity index (χ1n) is 19.3. The van der Waals surface area contributed by atoms with Crippen molar-refractivity contribution in [3.8, 4) is 62.8 Å². The van der Waals surface area contributed by atoms with Gasteiger partial charge in [0.1, 0.15) is 23.2 Å². The fourth-order valence-electron chi connectivity index (χ4n) is 6.34. The van der Waals surface area contributed by atoms with Crippen molar-refractivity contribution in [3.63, 3.8) is 0 Å². The second-order valence-corrected chi connectivity index (χ2v) is 15.6. The minimum atomic E-state index is -1.46. The number of ether oxygens (including phenoxy) is 4. The van der Waals surface area contributed by atoms with Gasteiger partial charge in [-0.15, -0.1) is 0 Å². The molecule has 328 valence electrons. The van der Waals surface area contributed by atoms with Crippen LogP contribution in [0.4, 0.5) is 13.2 Å². The molecular weight excluding hydrogens is 903 g/mol. The first kappa shape index (κ1) is 48.5. The van der Waals surface area contributed by atoms with Crippen molar-refractivity contribution in [1.29, 1.82) is 0 Å². The van der Waals surface area contributed by atoms with E-state index in [0.29, 0.717) is 41.0 Å². The molecule has 2 aliphatic carbocycles. The van der Waals surface area contributed by atoms with Gasteiger partial charge in [-0.2, -0.15) is 9.97 Å². The maximum absolute atomic E-state index is 14.7. The average Bonchev–Trinajstić information content (AvgIpc) is 4.23. The van der Waals surface area contributed by atoms with Crippen molar-refractivity contribution in [2.75, 3.05) is 14.2 Å². The van der Waals surface area contributed by atoms with Gasteiger partial charge in [0.05, 0.1) is 41.6 Å². The standard InChI is InChI=1S/C23H17ClF2N2O4.C23H18ClFN2O5.Na/c1-12(29)13-4-6-17(25)15(9-13)19-11-20(32-23(7-8-23)22(30)31-2)28-21(27-19)14-3-5-16(24)18(26)10-14;1-12(28)13-4-6-19(31-2)15(9-13)18-11-20(32-23(7-8-23)22(29)30)27-21(26-18)14-3-5-16(24)17(25)10-14;/h3-6,9-11H,7-8H2,1-2H3;3-6,9-11H,7-8H2,1-2H3,(H,29,30);/q;;+1/p-1. The number of hydrogen-bond donors (Lipinski definition) is 0. The second-order valence-electron chi connectivity index (χ2n) is 14.8. The topological polar surface area (TPSA) is 180 Å². The third-order valence-electron chi connectivity index (χ3n) is 10.2. The summed E-state index contributed by atoms with van der Waals surface area (Å²) in [7, 11) is 2.72. The fourth-order valence-corrected chi connectivity index (χ4v) is 6.57. The first-order chi connectivity index (χ1) is 30.4. The molecule has 8 rings (SSSR count). The molecule has 0 amide bonds. The summed E-state index contributed by atoms with van der Waals surface area (Å²) in [6, 6.07) is 19.6. The Morgan fingerprint density at radius 3 is 1.49 bits per heavy atom. The fraction of sp³-hybridized carbons (Fsp3) is 0.217. The van der Waals surface area contributed by atoms with Crippen molar-refractivity contribution >= 4 is 46.7 Å². The SMILES string of the molecule is COC(=O)C1(Oc2cc(-c3cc(C(C)=O)ccc3F)nc(-c3ccc(Cl)c(F)c3)n2)CC1.COc1ccc(C(C)=O)cc1-c1cc(OC2(C(=O)[O-])CC2)nc(-c2ccc(Cl)c(F)c2)n1.[Na+]. The van der Waals surface area contributed by atoms with Crippen LogP contribution < -0.4 is 48.9 Å². The van der Waals surface area contributed by atoms with E-state index in [1.165, 1.54) is 82.7 Å². The van der Waals surface area contributed by atoms with Crippen LogP contribution in [0.2, 0.25) is 10.0 Å². The van der Waals surface area contributed by atoms with E-state index in [-0.39, 0.29) is 110 Å². The van der Waals surface area contributed by atoms with Gasteiger partial charge >= 0.3 is 35.5 Å². The third-order valence-corrected chi connectivity index (χ3v) is 10.8. The number of aromatic nitrogens is 4. The van der Waals surface area contributed by atoms with E-state index in [1.54, 1.807) is 18.2 Å². The number of Topliss-reactive ketones (excluding diaryl/α,β-unsaturated/α-hetero) is 2. The molecule has 2 heterocycles. The van der Waals surface area contributed by atoms with Gasteiger partial charge in [0.15, 0.2) is 28.8 Å². The number of halogens is 5. The number of benzene rings is 4. The molecule has 0 atom stereocenters. The maximum atomic E-state index is 14.7. The van der Waals surface area contributed by atoms with E-state index < -0.39 is 40.6 Å². The average molecular weight is 938 g/mol. The van der Waals surface area contributed by atoms with Crippen LogP contribution in [-0.2, 0) is 14.3 Å². The van der Waals surface area contributed by atoms with Crippen LogP contribution in [-0.4, -0.2) is 68.9 Å². The second kappa shape index (κ2) is 19.7. The third kappa shape index (κ3) is 10.8. The van der Waals surface area contributed by atoms with Crippen LogP contribution >= 0.6 is 23.2 Å². The monoisotopic (exact) mass is 936 g/mol. The Kier molecular flexibility index (Phi) is 14.7. The number of methoxy groups -OCH3 is 2. The summed E-state index contributed by atoms with van der Waals surface area (Å²) >= 11 is 11.5.